The zero-order valence-electron chi connectivity index (χ0n) is 40.2. The quantitative estimate of drug-likeness (QED) is 0.0420. The van der Waals surface area contributed by atoms with E-state index in [1.54, 1.807) is 0 Å². The highest BCUT2D eigenvalue weighted by molar-refractivity contribution is 9.10. The number of nitrogens with one attached hydrogen (secondary N) is 1. The number of carbonyl (C=O) groups is 2. The molecule has 2 unspecified atom stereocenters. The maximum absolute atomic E-state index is 16.1. The van der Waals surface area contributed by atoms with Crippen LogP contribution in [0, 0.1) is 11.8 Å². The van der Waals surface area contributed by atoms with Gasteiger partial charge in [-0.15, -0.1) is 0 Å². The molecule has 0 fully saturated rings. The van der Waals surface area contributed by atoms with Crippen LogP contribution in [-0.2, 0) is 9.59 Å². The molecule has 2 aromatic rings. The second kappa shape index (κ2) is 30.4. The molecule has 4 nitrogen and oxygen atoms in total. The van der Waals surface area contributed by atoms with Crippen molar-refractivity contribution in [2.24, 2.45) is 11.8 Å². The number of carbonyl (C=O) groups excluding carboxylic acids is 2. The smallest absolute Gasteiger partial charge is 0.321 e. The minimum absolute atomic E-state index is 0.152. The van der Waals surface area contributed by atoms with Crippen molar-refractivity contribution in [3.63, 3.8) is 0 Å². The highest BCUT2D eigenvalue weighted by atomic mass is 79.9. The predicted molar refractivity (Wildman–Crippen MR) is 278 cm³/mol. The normalized spacial score (nSPS) is 18.0. The van der Waals surface area contributed by atoms with E-state index in [1.165, 1.54) is 205 Å². The molecule has 2 aromatic carbocycles. The van der Waals surface area contributed by atoms with Crippen LogP contribution in [0.1, 0.15) is 244 Å². The average molecular weight is 982 g/mol. The first-order valence-electron chi connectivity index (χ1n) is 26.4. The highest BCUT2D eigenvalue weighted by Gasteiger charge is 2.54. The van der Waals surface area contributed by atoms with Crippen LogP contribution >= 0.6 is 31.9 Å². The number of rotatable bonds is 36. The number of amides is 2. The number of fused-ring (bicyclic) bond motifs is 2. The molecule has 0 saturated carbocycles. The summed E-state index contributed by atoms with van der Waals surface area (Å²) in [5.74, 6) is 0.923. The van der Waals surface area contributed by atoms with E-state index < -0.39 is 0 Å². The molecule has 0 radical (unpaired) electrons. The Morgan fingerprint density at radius 3 is 1.21 bits per heavy atom. The third-order valence-corrected chi connectivity index (χ3v) is 15.3. The third kappa shape index (κ3) is 16.9. The maximum atomic E-state index is 16.1. The van der Waals surface area contributed by atoms with Gasteiger partial charge in [0.15, 0.2) is 0 Å². The maximum Gasteiger partial charge on any atom is 0.352 e. The first-order valence-corrected chi connectivity index (χ1v) is 28.0. The van der Waals surface area contributed by atoms with E-state index in [0.717, 1.165) is 44.5 Å². The molecule has 348 valence electrons. The number of unbranched alkanes of at least 4 members (excludes halogenated alkanes) is 24. The summed E-state index contributed by atoms with van der Waals surface area (Å²) >= 11 is 7.53. The van der Waals surface area contributed by atoms with Crippen LogP contribution in [0.15, 0.2) is 45.3 Å². The van der Waals surface area contributed by atoms with E-state index in [2.05, 4.69) is 83.1 Å². The molecular weight excluding hydrogens is 892 g/mol. The Hall–Kier alpha value is -1.76. The third-order valence-electron chi connectivity index (χ3n) is 14.3. The zero-order valence-corrected chi connectivity index (χ0v) is 43.4. The minimum Gasteiger partial charge on any atom is -0.321 e. The summed E-state index contributed by atoms with van der Waals surface area (Å²) in [6.07, 6.45) is 41.4. The first kappa shape index (κ1) is 52.9. The molecule has 4 rings (SSSR count). The van der Waals surface area contributed by atoms with Crippen LogP contribution in [-0.4, -0.2) is 24.9 Å². The fraction of sp³-hybridized carbons (Fsp3) is 0.714. The van der Waals surface area contributed by atoms with E-state index in [0.29, 0.717) is 27.5 Å². The van der Waals surface area contributed by atoms with Crippen molar-refractivity contribution >= 4 is 66.2 Å². The molecule has 1 N–H and O–H groups in total. The first-order chi connectivity index (χ1) is 30.3. The van der Waals surface area contributed by atoms with Crippen LogP contribution in [0.3, 0.4) is 0 Å². The number of nitrogens with zero attached hydrogens (tertiary/aromatic N) is 1. The minimum atomic E-state index is -0.152. The van der Waals surface area contributed by atoms with E-state index in [1.807, 2.05) is 18.2 Å². The molecule has 0 aromatic heterocycles. The van der Waals surface area contributed by atoms with E-state index in [-0.39, 0.29) is 11.8 Å². The van der Waals surface area contributed by atoms with Gasteiger partial charge < -0.3 is 5.32 Å². The molecule has 62 heavy (non-hydrogen) atoms. The van der Waals surface area contributed by atoms with Gasteiger partial charge in [0.05, 0.1) is 29.9 Å². The lowest BCUT2D eigenvalue weighted by Gasteiger charge is -2.38. The summed E-state index contributed by atoms with van der Waals surface area (Å²) < 4.78 is 2.30. The van der Waals surface area contributed by atoms with Crippen molar-refractivity contribution < 1.29 is 9.59 Å². The Morgan fingerprint density at radius 2 is 0.806 bits per heavy atom. The summed E-state index contributed by atoms with van der Waals surface area (Å²) in [5, 5.41) is 3.15. The number of benzene rings is 2. The van der Waals surface area contributed by atoms with Gasteiger partial charge in [0.25, 0.3) is 5.91 Å². The van der Waals surface area contributed by atoms with Crippen molar-refractivity contribution in [1.29, 1.82) is 0 Å². The van der Waals surface area contributed by atoms with Crippen molar-refractivity contribution in [2.45, 2.75) is 233 Å². The van der Waals surface area contributed by atoms with Gasteiger partial charge in [-0.3, -0.25) is 4.79 Å². The molecule has 2 amide bonds. The van der Waals surface area contributed by atoms with Gasteiger partial charge in [-0.2, -0.15) is 0 Å². The molecule has 0 saturated heterocycles. The van der Waals surface area contributed by atoms with Crippen LogP contribution in [0.2, 0.25) is 0 Å². The summed E-state index contributed by atoms with van der Waals surface area (Å²) in [4.78, 5) is 30.2. The van der Waals surface area contributed by atoms with Crippen LogP contribution in [0.5, 0.6) is 0 Å². The molecule has 0 bridgehead atoms. The van der Waals surface area contributed by atoms with Crippen molar-refractivity contribution in [3.8, 4) is 0 Å². The van der Waals surface area contributed by atoms with Gasteiger partial charge in [0, 0.05) is 32.4 Å². The Labute approximate surface area is 397 Å². The lowest BCUT2D eigenvalue weighted by Crippen LogP contribution is -2.57. The topological polar surface area (TPSA) is 46.2 Å². The lowest BCUT2D eigenvalue weighted by atomic mass is 9.89. The fourth-order valence-electron chi connectivity index (χ4n) is 10.7. The monoisotopic (exact) mass is 980 g/mol. The van der Waals surface area contributed by atoms with Gasteiger partial charge >= 0.3 is 5.91 Å². The SMILES string of the molecule is CCCCCCCCCCC(CCCCCCCC)C[N+]1(CC(CCCCCCCC)CCCCCCCCCC)C(=O)/C(=C2/C(=O)Nc3cc(Br)ccc32)c2ccc(Br)cc21. The van der Waals surface area contributed by atoms with Crippen molar-refractivity contribution in [2.75, 3.05) is 18.4 Å². The van der Waals surface area contributed by atoms with Crippen LogP contribution < -0.4 is 9.80 Å². The van der Waals surface area contributed by atoms with E-state index in [4.69, 9.17) is 0 Å². The van der Waals surface area contributed by atoms with Gasteiger partial charge in [-0.25, -0.2) is 9.28 Å². The van der Waals surface area contributed by atoms with E-state index >= 15 is 4.79 Å². The summed E-state index contributed by atoms with van der Waals surface area (Å²) in [5.41, 5.74) is 4.93. The number of hydrogen-bond acceptors (Lipinski definition) is 2. The van der Waals surface area contributed by atoms with Crippen LogP contribution in [0.25, 0.3) is 11.1 Å². The predicted octanol–water partition coefficient (Wildman–Crippen LogP) is 18.7. The molecule has 6 heteroatoms. The Kier molecular flexibility index (Phi) is 26.0. The number of halogens is 2. The lowest BCUT2D eigenvalue weighted by molar-refractivity contribution is -0.125. The summed E-state index contributed by atoms with van der Waals surface area (Å²) in [7, 11) is 0. The van der Waals surface area contributed by atoms with Gasteiger partial charge in [-0.1, -0.05) is 245 Å². The summed E-state index contributed by atoms with van der Waals surface area (Å²) in [6.45, 7) is 10.9. The standard InChI is InChI=1S/C56H88Br2N2O2/c1-5-9-13-17-21-23-27-31-35-45(33-29-25-19-15-11-7-3)43-60(44-46(34-30-26-20-16-12-8-4)36-32-28-24-22-18-14-10-6-2)52-42-48(58)38-40-50(52)54(56(60)62)53-49-39-37-47(57)41-51(49)59-55(53)61/h37-42,45-46H,5-36,43-44H2,1-4H3/p+1. The molecule has 0 aliphatic carbocycles. The molecule has 2 heterocycles. The van der Waals surface area contributed by atoms with E-state index in [9.17, 15) is 4.79 Å². The second-order valence-corrected chi connectivity index (χ2v) is 21.4. The highest BCUT2D eigenvalue weighted by Crippen LogP contribution is 2.51. The zero-order chi connectivity index (χ0) is 44.4. The van der Waals surface area contributed by atoms with Gasteiger partial charge in [-0.05, 0) is 49.9 Å². The molecule has 2 aliphatic rings. The second-order valence-electron chi connectivity index (χ2n) is 19.6. The molecular formula is C56H89Br2N2O2+. The van der Waals surface area contributed by atoms with Crippen LogP contribution in [0.4, 0.5) is 11.4 Å². The fourth-order valence-corrected chi connectivity index (χ4v) is 11.4. The summed E-state index contributed by atoms with van der Waals surface area (Å²) in [6, 6.07) is 12.5. The van der Waals surface area contributed by atoms with Gasteiger partial charge in [0.2, 0.25) is 0 Å². The van der Waals surface area contributed by atoms with Crippen molar-refractivity contribution in [3.05, 3.63) is 56.5 Å². The molecule has 2 aliphatic heterocycles. The Morgan fingerprint density at radius 1 is 0.452 bits per heavy atom. The number of anilines is 1. The average Bonchev–Trinajstić information content (AvgIpc) is 3.69. The van der Waals surface area contributed by atoms with Crippen molar-refractivity contribution in [1.82, 2.24) is 4.48 Å². The Bertz CT molecular complexity index is 1590. The molecule has 2 atom stereocenters. The van der Waals surface area contributed by atoms with Gasteiger partial charge in [0.1, 0.15) is 11.3 Å². The Balaban J connectivity index is 1.73. The number of quaternary nitrogens is 1. The largest absolute Gasteiger partial charge is 0.352 e. The molecule has 0 spiro atoms. The number of hydrogen-bond donors (Lipinski definition) is 1.